The Morgan fingerprint density at radius 2 is 1.24 bits per heavy atom. The van der Waals surface area contributed by atoms with Gasteiger partial charge in [-0.25, -0.2) is 0 Å². The van der Waals surface area contributed by atoms with Crippen LogP contribution in [0.3, 0.4) is 0 Å². The Labute approximate surface area is 133 Å². The molecule has 0 saturated carbocycles. The molecule has 2 heterocycles. The molecule has 0 aromatic heterocycles. The molecule has 124 valence electrons. The van der Waals surface area contributed by atoms with Crippen molar-refractivity contribution in [3.8, 4) is 0 Å². The zero-order valence-electron chi connectivity index (χ0n) is 15.0. The molecule has 21 heavy (non-hydrogen) atoms. The van der Waals surface area contributed by atoms with E-state index in [1.54, 1.807) is 0 Å². The second kappa shape index (κ2) is 8.53. The van der Waals surface area contributed by atoms with Gasteiger partial charge in [0.1, 0.15) is 0 Å². The van der Waals surface area contributed by atoms with E-state index < -0.39 is 0 Å². The number of likely N-dealkylation sites (tertiary alicyclic amines) is 2. The molecule has 0 aromatic carbocycles. The summed E-state index contributed by atoms with van der Waals surface area (Å²) in [6.45, 7) is 17.5. The first-order valence-electron chi connectivity index (χ1n) is 9.49. The smallest absolute Gasteiger partial charge is 0.0109 e. The lowest BCUT2D eigenvalue weighted by Gasteiger charge is -2.37. The van der Waals surface area contributed by atoms with E-state index in [9.17, 15) is 0 Å². The average molecular weight is 295 g/mol. The maximum atomic E-state index is 2.71. The third-order valence-corrected chi connectivity index (χ3v) is 5.82. The summed E-state index contributed by atoms with van der Waals surface area (Å²) in [5, 5.41) is 0. The first kappa shape index (κ1) is 17.3. The summed E-state index contributed by atoms with van der Waals surface area (Å²) >= 11 is 0. The lowest BCUT2D eigenvalue weighted by atomic mass is 9.87. The summed E-state index contributed by atoms with van der Waals surface area (Å²) in [4.78, 5) is 5.42. The molecule has 2 saturated heterocycles. The largest absolute Gasteiger partial charge is 0.302 e. The molecular weight excluding hydrogens is 256 g/mol. The minimum atomic E-state index is 0.879. The van der Waals surface area contributed by atoms with Gasteiger partial charge >= 0.3 is 0 Å². The van der Waals surface area contributed by atoms with Gasteiger partial charge in [0.05, 0.1) is 0 Å². The van der Waals surface area contributed by atoms with Crippen LogP contribution in [-0.2, 0) is 0 Å². The highest BCUT2D eigenvalue weighted by Gasteiger charge is 2.23. The number of nitrogens with zero attached hydrogens (tertiary/aromatic N) is 2. The number of hydrogen-bond donors (Lipinski definition) is 0. The van der Waals surface area contributed by atoms with Gasteiger partial charge in [0, 0.05) is 13.1 Å². The molecule has 0 amide bonds. The van der Waals surface area contributed by atoms with Gasteiger partial charge in [-0.1, -0.05) is 27.7 Å². The zero-order chi connectivity index (χ0) is 15.2. The summed E-state index contributed by atoms with van der Waals surface area (Å²) < 4.78 is 0. The van der Waals surface area contributed by atoms with Crippen molar-refractivity contribution in [2.45, 2.75) is 59.8 Å². The van der Waals surface area contributed by atoms with Crippen LogP contribution in [0.25, 0.3) is 0 Å². The third-order valence-electron chi connectivity index (χ3n) is 5.82. The normalized spacial score (nSPS) is 24.3. The summed E-state index contributed by atoms with van der Waals surface area (Å²) in [5.74, 6) is 3.74. The summed E-state index contributed by atoms with van der Waals surface area (Å²) in [6.07, 6.45) is 7.17. The lowest BCUT2D eigenvalue weighted by Crippen LogP contribution is -2.42. The first-order chi connectivity index (χ1) is 10.0. The summed E-state index contributed by atoms with van der Waals surface area (Å²) in [7, 11) is 0. The quantitative estimate of drug-likeness (QED) is 0.727. The van der Waals surface area contributed by atoms with Gasteiger partial charge in [0.2, 0.25) is 0 Å². The number of rotatable bonds is 6. The maximum Gasteiger partial charge on any atom is 0.0109 e. The molecular formula is C19H38N2. The van der Waals surface area contributed by atoms with E-state index in [0.29, 0.717) is 0 Å². The predicted octanol–water partition coefficient (Wildman–Crippen LogP) is 4.11. The second-order valence-electron chi connectivity index (χ2n) is 8.34. The van der Waals surface area contributed by atoms with Gasteiger partial charge in [-0.05, 0) is 82.0 Å². The first-order valence-corrected chi connectivity index (χ1v) is 9.49. The Bertz CT molecular complexity index is 271. The zero-order valence-corrected chi connectivity index (χ0v) is 15.0. The van der Waals surface area contributed by atoms with Crippen molar-refractivity contribution < 1.29 is 0 Å². The van der Waals surface area contributed by atoms with Crippen molar-refractivity contribution in [1.82, 2.24) is 9.80 Å². The fraction of sp³-hybridized carbons (Fsp3) is 1.00. The summed E-state index contributed by atoms with van der Waals surface area (Å²) in [6, 6.07) is 0. The predicted molar refractivity (Wildman–Crippen MR) is 92.6 cm³/mol. The Morgan fingerprint density at radius 1 is 0.762 bits per heavy atom. The van der Waals surface area contributed by atoms with Crippen LogP contribution in [0, 0.1) is 23.7 Å². The minimum absolute atomic E-state index is 0.879. The molecule has 2 nitrogen and oxygen atoms in total. The minimum Gasteiger partial charge on any atom is -0.302 e. The highest BCUT2D eigenvalue weighted by atomic mass is 15.2. The Hall–Kier alpha value is -0.0800. The molecule has 2 rings (SSSR count). The van der Waals surface area contributed by atoms with Gasteiger partial charge in [-0.2, -0.15) is 0 Å². The second-order valence-corrected chi connectivity index (χ2v) is 8.34. The van der Waals surface area contributed by atoms with Crippen LogP contribution in [0.15, 0.2) is 0 Å². The van der Waals surface area contributed by atoms with Crippen LogP contribution in [0.2, 0.25) is 0 Å². The van der Waals surface area contributed by atoms with Gasteiger partial charge in [-0.3, -0.25) is 0 Å². The molecule has 0 unspecified atom stereocenters. The van der Waals surface area contributed by atoms with E-state index in [4.69, 9.17) is 0 Å². The maximum absolute atomic E-state index is 2.71. The van der Waals surface area contributed by atoms with E-state index in [2.05, 4.69) is 37.5 Å². The molecule has 2 aliphatic heterocycles. The van der Waals surface area contributed by atoms with Gasteiger partial charge in [-0.15, -0.1) is 0 Å². The van der Waals surface area contributed by atoms with Crippen molar-refractivity contribution in [3.05, 3.63) is 0 Å². The third kappa shape index (κ3) is 5.90. The number of hydrogen-bond acceptors (Lipinski definition) is 2. The lowest BCUT2D eigenvalue weighted by molar-refractivity contribution is 0.118. The van der Waals surface area contributed by atoms with Crippen molar-refractivity contribution in [1.29, 1.82) is 0 Å². The molecule has 0 aromatic rings. The van der Waals surface area contributed by atoms with Crippen molar-refractivity contribution in [3.63, 3.8) is 0 Å². The molecule has 2 heteroatoms. The van der Waals surface area contributed by atoms with Crippen LogP contribution in [0.4, 0.5) is 0 Å². The van der Waals surface area contributed by atoms with E-state index in [1.807, 2.05) is 0 Å². The van der Waals surface area contributed by atoms with Gasteiger partial charge in [0.25, 0.3) is 0 Å². The number of piperidine rings is 2. The Morgan fingerprint density at radius 3 is 1.67 bits per heavy atom. The van der Waals surface area contributed by atoms with Crippen LogP contribution in [-0.4, -0.2) is 49.1 Å². The van der Waals surface area contributed by atoms with Crippen LogP contribution >= 0.6 is 0 Å². The Kier molecular flexibility index (Phi) is 7.01. The SMILES string of the molecule is CC(C)CC1CCN(CCN2CCC(C(C)C)CC2)CC1. The summed E-state index contributed by atoms with van der Waals surface area (Å²) in [5.41, 5.74) is 0. The molecule has 2 fully saturated rings. The standard InChI is InChI=1S/C19H38N2/c1-16(2)15-18-5-9-20(10-6-18)13-14-21-11-7-19(8-12-21)17(3)4/h16-19H,5-15H2,1-4H3. The van der Waals surface area contributed by atoms with Crippen LogP contribution in [0.1, 0.15) is 59.8 Å². The van der Waals surface area contributed by atoms with E-state index in [0.717, 1.165) is 23.7 Å². The van der Waals surface area contributed by atoms with Crippen molar-refractivity contribution in [2.75, 3.05) is 39.3 Å². The van der Waals surface area contributed by atoms with E-state index >= 15 is 0 Å². The molecule has 2 aliphatic rings. The fourth-order valence-corrected chi connectivity index (χ4v) is 4.24. The molecule has 0 radical (unpaired) electrons. The molecule has 0 aliphatic carbocycles. The van der Waals surface area contributed by atoms with E-state index in [-0.39, 0.29) is 0 Å². The fourth-order valence-electron chi connectivity index (χ4n) is 4.24. The monoisotopic (exact) mass is 294 g/mol. The topological polar surface area (TPSA) is 6.48 Å². The van der Waals surface area contributed by atoms with Gasteiger partial charge < -0.3 is 9.80 Å². The molecule has 0 atom stereocenters. The highest BCUT2D eigenvalue weighted by molar-refractivity contribution is 4.77. The van der Waals surface area contributed by atoms with Gasteiger partial charge in [0.15, 0.2) is 0 Å². The molecule has 0 spiro atoms. The van der Waals surface area contributed by atoms with E-state index in [1.165, 1.54) is 71.4 Å². The van der Waals surface area contributed by atoms with Crippen LogP contribution < -0.4 is 0 Å². The Balaban J connectivity index is 1.58. The molecule has 0 N–H and O–H groups in total. The van der Waals surface area contributed by atoms with Crippen molar-refractivity contribution in [2.24, 2.45) is 23.7 Å². The van der Waals surface area contributed by atoms with Crippen molar-refractivity contribution >= 4 is 0 Å². The van der Waals surface area contributed by atoms with Crippen LogP contribution in [0.5, 0.6) is 0 Å². The molecule has 0 bridgehead atoms. The average Bonchev–Trinajstić information content (AvgIpc) is 2.46. The highest BCUT2D eigenvalue weighted by Crippen LogP contribution is 2.25.